The zero-order valence-corrected chi connectivity index (χ0v) is 17.0. The second-order valence-electron chi connectivity index (χ2n) is 8.27. The summed E-state index contributed by atoms with van der Waals surface area (Å²) in [5.41, 5.74) is 4.09. The zero-order chi connectivity index (χ0) is 20.1. The lowest BCUT2D eigenvalue weighted by Crippen LogP contribution is -1.92. The molecule has 0 aliphatic carbocycles. The van der Waals surface area contributed by atoms with Gasteiger partial charge >= 0.3 is 0 Å². The number of aryl methyl sites for hydroxylation is 1. The summed E-state index contributed by atoms with van der Waals surface area (Å²) in [5.74, 6) is 0. The minimum atomic E-state index is 0.934. The smallest absolute Gasteiger partial charge is 0.00192 e. The van der Waals surface area contributed by atoms with Gasteiger partial charge in [0.1, 0.15) is 0 Å². The maximum Gasteiger partial charge on any atom is -0.00192 e. The van der Waals surface area contributed by atoms with E-state index in [1.807, 2.05) is 0 Å². The summed E-state index contributed by atoms with van der Waals surface area (Å²) in [6.45, 7) is 2.21. The van der Waals surface area contributed by atoms with E-state index in [1.54, 1.807) is 0 Å². The molecule has 6 rings (SSSR count). The number of hydrogen-bond donors (Lipinski definition) is 0. The van der Waals surface area contributed by atoms with Gasteiger partial charge in [-0.3, -0.25) is 0 Å². The number of hydrogen-bond acceptors (Lipinski definition) is 0. The van der Waals surface area contributed by atoms with Crippen LogP contribution in [-0.4, -0.2) is 0 Å². The normalized spacial score (nSPS) is 11.6. The van der Waals surface area contributed by atoms with Crippen molar-refractivity contribution in [3.8, 4) is 0 Å². The molecule has 0 aromatic heterocycles. The van der Waals surface area contributed by atoms with E-state index in [1.165, 1.54) is 59.8 Å². The maximum atomic E-state index is 2.40. The first-order valence-electron chi connectivity index (χ1n) is 10.6. The van der Waals surface area contributed by atoms with Gasteiger partial charge in [-0.25, -0.2) is 0 Å². The molecular formula is C30H22. The van der Waals surface area contributed by atoms with Crippen molar-refractivity contribution in [1.29, 1.82) is 0 Å². The predicted octanol–water partition coefficient (Wildman–Crippen LogP) is 8.20. The Bertz CT molecular complexity index is 1570. The summed E-state index contributed by atoms with van der Waals surface area (Å²) in [5, 5.41) is 10.7. The minimum absolute atomic E-state index is 0.934. The van der Waals surface area contributed by atoms with E-state index in [2.05, 4.69) is 110 Å². The molecule has 0 heterocycles. The number of benzene rings is 6. The van der Waals surface area contributed by atoms with Gasteiger partial charge in [0.25, 0.3) is 0 Å². The van der Waals surface area contributed by atoms with Gasteiger partial charge in [-0.2, -0.15) is 0 Å². The molecule has 0 bridgehead atoms. The molecule has 0 spiro atoms. The quantitative estimate of drug-likeness (QED) is 0.265. The number of fused-ring (bicyclic) bond motifs is 6. The molecule has 0 saturated heterocycles. The van der Waals surface area contributed by atoms with E-state index in [9.17, 15) is 0 Å². The fourth-order valence-electron chi connectivity index (χ4n) is 4.95. The van der Waals surface area contributed by atoms with Crippen LogP contribution in [-0.2, 0) is 6.42 Å². The van der Waals surface area contributed by atoms with Gasteiger partial charge in [-0.15, -0.1) is 0 Å². The van der Waals surface area contributed by atoms with E-state index in [0.717, 1.165) is 6.42 Å². The fraction of sp³-hybridized carbons (Fsp3) is 0.0667. The van der Waals surface area contributed by atoms with Crippen molar-refractivity contribution in [2.24, 2.45) is 0 Å². The average molecular weight is 383 g/mol. The molecule has 0 nitrogen and oxygen atoms in total. The SMILES string of the molecule is Cc1cc2ccccc2c2cc(Cc3cc4ccccc4c4ccccc34)ccc12. The van der Waals surface area contributed by atoms with Gasteiger partial charge in [0.15, 0.2) is 0 Å². The third-order valence-corrected chi connectivity index (χ3v) is 6.38. The Morgan fingerprint density at radius 2 is 1.07 bits per heavy atom. The summed E-state index contributed by atoms with van der Waals surface area (Å²) in [4.78, 5) is 0. The van der Waals surface area contributed by atoms with Gasteiger partial charge in [-0.05, 0) is 73.1 Å². The van der Waals surface area contributed by atoms with Gasteiger partial charge in [0, 0.05) is 0 Å². The Balaban J connectivity index is 1.57. The summed E-state index contributed by atoms with van der Waals surface area (Å²) in [6.07, 6.45) is 0.934. The average Bonchev–Trinajstić information content (AvgIpc) is 2.79. The molecule has 0 radical (unpaired) electrons. The third-order valence-electron chi connectivity index (χ3n) is 6.38. The van der Waals surface area contributed by atoms with Crippen LogP contribution in [0.4, 0.5) is 0 Å². The van der Waals surface area contributed by atoms with E-state index in [4.69, 9.17) is 0 Å². The van der Waals surface area contributed by atoms with Crippen LogP contribution in [0.15, 0.2) is 103 Å². The second-order valence-corrected chi connectivity index (χ2v) is 8.27. The largest absolute Gasteiger partial charge is 0.0616 e. The topological polar surface area (TPSA) is 0 Å². The van der Waals surface area contributed by atoms with Crippen LogP contribution in [0.1, 0.15) is 16.7 Å². The minimum Gasteiger partial charge on any atom is -0.0616 e. The van der Waals surface area contributed by atoms with Crippen molar-refractivity contribution in [2.45, 2.75) is 13.3 Å². The first kappa shape index (κ1) is 17.2. The Morgan fingerprint density at radius 1 is 0.467 bits per heavy atom. The van der Waals surface area contributed by atoms with Gasteiger partial charge in [-0.1, -0.05) is 103 Å². The molecule has 0 fully saturated rings. The molecule has 0 unspecified atom stereocenters. The first-order chi connectivity index (χ1) is 14.8. The summed E-state index contributed by atoms with van der Waals surface area (Å²) in [7, 11) is 0. The van der Waals surface area contributed by atoms with E-state index >= 15 is 0 Å². The summed E-state index contributed by atoms with van der Waals surface area (Å²) < 4.78 is 0. The highest BCUT2D eigenvalue weighted by molar-refractivity contribution is 6.10. The highest BCUT2D eigenvalue weighted by atomic mass is 14.1. The van der Waals surface area contributed by atoms with Gasteiger partial charge in [0.2, 0.25) is 0 Å². The van der Waals surface area contributed by atoms with Crippen LogP contribution >= 0.6 is 0 Å². The third kappa shape index (κ3) is 2.69. The van der Waals surface area contributed by atoms with Crippen molar-refractivity contribution >= 4 is 43.1 Å². The van der Waals surface area contributed by atoms with Crippen LogP contribution in [0.25, 0.3) is 43.1 Å². The Hall–Kier alpha value is -3.64. The van der Waals surface area contributed by atoms with Crippen LogP contribution in [0.5, 0.6) is 0 Å². The maximum absolute atomic E-state index is 2.40. The molecule has 0 aliphatic heterocycles. The van der Waals surface area contributed by atoms with Crippen molar-refractivity contribution in [2.75, 3.05) is 0 Å². The monoisotopic (exact) mass is 382 g/mol. The highest BCUT2D eigenvalue weighted by Gasteiger charge is 2.09. The molecular weight excluding hydrogens is 360 g/mol. The summed E-state index contributed by atoms with van der Waals surface area (Å²) >= 11 is 0. The van der Waals surface area contributed by atoms with E-state index in [-0.39, 0.29) is 0 Å². The molecule has 30 heavy (non-hydrogen) atoms. The van der Waals surface area contributed by atoms with Crippen LogP contribution < -0.4 is 0 Å². The fourth-order valence-corrected chi connectivity index (χ4v) is 4.95. The van der Waals surface area contributed by atoms with Crippen LogP contribution in [0, 0.1) is 6.92 Å². The second kappa shape index (κ2) is 6.71. The zero-order valence-electron chi connectivity index (χ0n) is 17.0. The van der Waals surface area contributed by atoms with Crippen LogP contribution in [0.3, 0.4) is 0 Å². The lowest BCUT2D eigenvalue weighted by atomic mass is 9.91. The molecule has 0 amide bonds. The number of rotatable bonds is 2. The summed E-state index contributed by atoms with van der Waals surface area (Å²) in [6, 6.07) is 37.9. The molecule has 0 atom stereocenters. The Labute approximate surface area is 176 Å². The van der Waals surface area contributed by atoms with Crippen molar-refractivity contribution < 1.29 is 0 Å². The van der Waals surface area contributed by atoms with E-state index < -0.39 is 0 Å². The van der Waals surface area contributed by atoms with Crippen molar-refractivity contribution in [3.05, 3.63) is 120 Å². The van der Waals surface area contributed by atoms with E-state index in [0.29, 0.717) is 0 Å². The lowest BCUT2D eigenvalue weighted by molar-refractivity contribution is 1.23. The molecule has 0 heteroatoms. The Morgan fingerprint density at radius 3 is 1.83 bits per heavy atom. The van der Waals surface area contributed by atoms with Crippen molar-refractivity contribution in [1.82, 2.24) is 0 Å². The lowest BCUT2D eigenvalue weighted by Gasteiger charge is -2.13. The van der Waals surface area contributed by atoms with Gasteiger partial charge in [0.05, 0.1) is 0 Å². The first-order valence-corrected chi connectivity index (χ1v) is 10.6. The molecule has 6 aromatic carbocycles. The molecule has 142 valence electrons. The van der Waals surface area contributed by atoms with Crippen molar-refractivity contribution in [3.63, 3.8) is 0 Å². The Kier molecular flexibility index (Phi) is 3.86. The molecule has 6 aromatic rings. The van der Waals surface area contributed by atoms with Crippen LogP contribution in [0.2, 0.25) is 0 Å². The standard InChI is InChI=1S/C30H22/c1-20-16-22-8-2-5-11-27(22)30-18-21(14-15-25(20)30)17-24-19-23-9-3-4-10-26(23)29-13-7-6-12-28(24)29/h2-16,18-19H,17H2,1H3. The highest BCUT2D eigenvalue weighted by Crippen LogP contribution is 2.33. The molecule has 0 N–H and O–H groups in total. The van der Waals surface area contributed by atoms with Gasteiger partial charge < -0.3 is 0 Å². The molecule has 0 aliphatic rings. The predicted molar refractivity (Wildman–Crippen MR) is 130 cm³/mol. The molecule has 0 saturated carbocycles.